The summed E-state index contributed by atoms with van der Waals surface area (Å²) in [6.07, 6.45) is 0.681. The summed E-state index contributed by atoms with van der Waals surface area (Å²) in [6.45, 7) is 3.90. The highest BCUT2D eigenvalue weighted by Gasteiger charge is 2.48. The largest absolute Gasteiger partial charge is 0.383 e. The number of nitrogens with one attached hydrogen (secondary N) is 1. The molecule has 1 aliphatic heterocycles. The van der Waals surface area contributed by atoms with Gasteiger partial charge >= 0.3 is 0 Å². The van der Waals surface area contributed by atoms with Crippen molar-refractivity contribution in [2.24, 2.45) is 5.73 Å². The molecule has 1 fully saturated rings. The SMILES string of the molecule is CC1(C)SCN(C(=O)C(O)[CH]Cc2ccccc2)C1C(=O)NCc1ccccc1C(N)=O. The Kier molecular flexibility index (Phi) is 7.58. The number of carbonyl (C=O) groups excluding carboxylic acids is 3. The van der Waals surface area contributed by atoms with Gasteiger partial charge in [0, 0.05) is 23.3 Å². The lowest BCUT2D eigenvalue weighted by molar-refractivity contribution is -0.144. The lowest BCUT2D eigenvalue weighted by Gasteiger charge is -2.31. The minimum absolute atomic E-state index is 0.111. The number of primary amides is 1. The van der Waals surface area contributed by atoms with E-state index in [9.17, 15) is 19.5 Å². The first-order chi connectivity index (χ1) is 15.2. The molecule has 3 rings (SSSR count). The highest BCUT2D eigenvalue weighted by Crippen LogP contribution is 2.39. The van der Waals surface area contributed by atoms with Crippen molar-refractivity contribution in [3.8, 4) is 0 Å². The molecule has 8 heteroatoms. The van der Waals surface area contributed by atoms with Crippen LogP contribution in [0.5, 0.6) is 0 Å². The quantitative estimate of drug-likeness (QED) is 0.564. The molecule has 0 aliphatic carbocycles. The summed E-state index contributed by atoms with van der Waals surface area (Å²) in [6, 6.07) is 15.6. The Morgan fingerprint density at radius 3 is 2.53 bits per heavy atom. The van der Waals surface area contributed by atoms with Crippen molar-refractivity contribution in [1.29, 1.82) is 0 Å². The van der Waals surface area contributed by atoms with Crippen LogP contribution in [0.4, 0.5) is 0 Å². The molecule has 1 radical (unpaired) electrons. The molecule has 3 amide bonds. The molecule has 4 N–H and O–H groups in total. The third kappa shape index (κ3) is 5.49. The van der Waals surface area contributed by atoms with Gasteiger partial charge in [-0.1, -0.05) is 48.5 Å². The van der Waals surface area contributed by atoms with Gasteiger partial charge in [0.2, 0.25) is 11.8 Å². The Hall–Kier alpha value is -2.84. The first-order valence-corrected chi connectivity index (χ1v) is 11.3. The van der Waals surface area contributed by atoms with Crippen LogP contribution in [0, 0.1) is 6.42 Å². The molecular weight excluding hydrogens is 426 g/mol. The van der Waals surface area contributed by atoms with Gasteiger partial charge in [-0.2, -0.15) is 0 Å². The van der Waals surface area contributed by atoms with Crippen LogP contribution in [0.1, 0.15) is 35.3 Å². The monoisotopic (exact) mass is 454 g/mol. The van der Waals surface area contributed by atoms with Gasteiger partial charge < -0.3 is 21.1 Å². The molecular formula is C24H28N3O4S. The fourth-order valence-corrected chi connectivity index (χ4v) is 4.88. The van der Waals surface area contributed by atoms with Gasteiger partial charge in [-0.15, -0.1) is 11.8 Å². The molecule has 32 heavy (non-hydrogen) atoms. The summed E-state index contributed by atoms with van der Waals surface area (Å²) >= 11 is 1.48. The molecule has 2 atom stereocenters. The fraction of sp³-hybridized carbons (Fsp3) is 0.333. The van der Waals surface area contributed by atoms with Gasteiger partial charge in [0.15, 0.2) is 0 Å². The highest BCUT2D eigenvalue weighted by molar-refractivity contribution is 8.00. The first kappa shape index (κ1) is 23.8. The number of benzene rings is 2. The second kappa shape index (κ2) is 10.2. The number of aliphatic hydroxyl groups excluding tert-OH is 1. The maximum atomic E-state index is 13.1. The predicted molar refractivity (Wildman–Crippen MR) is 124 cm³/mol. The molecule has 1 aliphatic rings. The zero-order valence-corrected chi connectivity index (χ0v) is 19.0. The van der Waals surface area contributed by atoms with Crippen molar-refractivity contribution in [2.75, 3.05) is 5.88 Å². The van der Waals surface area contributed by atoms with E-state index in [1.807, 2.05) is 44.2 Å². The van der Waals surface area contributed by atoms with E-state index in [0.29, 0.717) is 23.4 Å². The van der Waals surface area contributed by atoms with Crippen LogP contribution in [0.3, 0.4) is 0 Å². The van der Waals surface area contributed by atoms with Crippen LogP contribution in [-0.2, 0) is 22.6 Å². The van der Waals surface area contributed by atoms with Gasteiger partial charge in [-0.3, -0.25) is 14.4 Å². The first-order valence-electron chi connectivity index (χ1n) is 10.4. The third-order valence-corrected chi connectivity index (χ3v) is 6.86. The number of hydrogen-bond acceptors (Lipinski definition) is 5. The Labute approximate surface area is 192 Å². The summed E-state index contributed by atoms with van der Waals surface area (Å²) in [5, 5.41) is 13.3. The van der Waals surface area contributed by atoms with E-state index >= 15 is 0 Å². The maximum absolute atomic E-state index is 13.1. The molecule has 2 unspecified atom stereocenters. The van der Waals surface area contributed by atoms with Gasteiger partial charge in [0.25, 0.3) is 5.91 Å². The predicted octanol–water partition coefficient (Wildman–Crippen LogP) is 1.89. The number of thioether (sulfide) groups is 1. The van der Waals surface area contributed by atoms with Crippen molar-refractivity contribution in [1.82, 2.24) is 10.2 Å². The minimum atomic E-state index is -1.31. The van der Waals surface area contributed by atoms with E-state index in [4.69, 9.17) is 5.73 Å². The topological polar surface area (TPSA) is 113 Å². The molecule has 1 saturated heterocycles. The summed E-state index contributed by atoms with van der Waals surface area (Å²) < 4.78 is -0.540. The Bertz CT molecular complexity index is 980. The molecule has 0 aromatic heterocycles. The number of nitrogens with zero attached hydrogens (tertiary/aromatic N) is 1. The number of rotatable bonds is 8. The highest BCUT2D eigenvalue weighted by atomic mass is 32.2. The summed E-state index contributed by atoms with van der Waals surface area (Å²) in [4.78, 5) is 39.1. The molecule has 2 aromatic carbocycles. The Balaban J connectivity index is 1.67. The van der Waals surface area contributed by atoms with E-state index in [2.05, 4.69) is 5.32 Å². The van der Waals surface area contributed by atoms with Gasteiger partial charge in [-0.25, -0.2) is 0 Å². The lowest BCUT2D eigenvalue weighted by atomic mass is 9.99. The van der Waals surface area contributed by atoms with Crippen LogP contribution in [0.25, 0.3) is 0 Å². The van der Waals surface area contributed by atoms with Gasteiger partial charge in [0.05, 0.1) is 5.88 Å². The van der Waals surface area contributed by atoms with E-state index in [1.165, 1.54) is 16.7 Å². The smallest absolute Gasteiger partial charge is 0.253 e. The molecule has 7 nitrogen and oxygen atoms in total. The van der Waals surface area contributed by atoms with E-state index in [1.54, 1.807) is 30.7 Å². The second-order valence-corrected chi connectivity index (χ2v) is 9.80. The standard InChI is InChI=1S/C24H28N3O4S/c1-24(2)20(22(30)26-14-17-10-6-7-11-18(17)21(25)29)27(15-32-24)23(31)19(28)13-12-16-8-4-3-5-9-16/h3-11,13,19-20,28H,12,14-15H2,1-2H3,(H2,25,29)(H,26,30). The second-order valence-electron chi connectivity index (χ2n) is 8.20. The average molecular weight is 455 g/mol. The molecule has 2 aromatic rings. The van der Waals surface area contributed by atoms with Crippen LogP contribution in [0.2, 0.25) is 0 Å². The Morgan fingerprint density at radius 2 is 1.84 bits per heavy atom. The van der Waals surface area contributed by atoms with E-state index in [-0.39, 0.29) is 12.5 Å². The fourth-order valence-electron chi connectivity index (χ4n) is 3.74. The lowest BCUT2D eigenvalue weighted by Crippen LogP contribution is -2.55. The number of aliphatic hydroxyl groups is 1. The van der Waals surface area contributed by atoms with Crippen molar-refractivity contribution in [2.45, 2.75) is 43.7 Å². The van der Waals surface area contributed by atoms with Crippen molar-refractivity contribution >= 4 is 29.5 Å². The van der Waals surface area contributed by atoms with Crippen LogP contribution in [0.15, 0.2) is 54.6 Å². The average Bonchev–Trinajstić information content (AvgIpc) is 3.11. The maximum Gasteiger partial charge on any atom is 0.253 e. The molecule has 0 bridgehead atoms. The van der Waals surface area contributed by atoms with Crippen LogP contribution in [-0.4, -0.2) is 50.5 Å². The normalized spacial score (nSPS) is 18.2. The minimum Gasteiger partial charge on any atom is -0.383 e. The number of carbonyl (C=O) groups is 3. The van der Waals surface area contributed by atoms with Crippen LogP contribution < -0.4 is 11.1 Å². The number of hydrogen-bond donors (Lipinski definition) is 3. The number of nitrogens with two attached hydrogens (primary N) is 1. The van der Waals surface area contributed by atoms with E-state index < -0.39 is 28.7 Å². The summed E-state index contributed by atoms with van der Waals surface area (Å²) in [5.41, 5.74) is 7.34. The van der Waals surface area contributed by atoms with Crippen LogP contribution >= 0.6 is 11.8 Å². The molecule has 0 spiro atoms. The third-order valence-electron chi connectivity index (χ3n) is 5.49. The molecule has 1 heterocycles. The summed E-state index contributed by atoms with van der Waals surface area (Å²) in [5.74, 6) is -1.11. The van der Waals surface area contributed by atoms with Gasteiger partial charge in [-0.05, 0) is 37.5 Å². The Morgan fingerprint density at radius 1 is 1.19 bits per heavy atom. The zero-order valence-electron chi connectivity index (χ0n) is 18.2. The summed E-state index contributed by atoms with van der Waals surface area (Å²) in [7, 11) is 0. The molecule has 0 saturated carbocycles. The van der Waals surface area contributed by atoms with Gasteiger partial charge in [0.1, 0.15) is 12.1 Å². The van der Waals surface area contributed by atoms with Crippen molar-refractivity contribution < 1.29 is 19.5 Å². The van der Waals surface area contributed by atoms with Crippen molar-refractivity contribution in [3.05, 3.63) is 77.7 Å². The molecule has 169 valence electrons. The van der Waals surface area contributed by atoms with Crippen molar-refractivity contribution in [3.63, 3.8) is 0 Å². The number of amides is 3. The van der Waals surface area contributed by atoms with E-state index in [0.717, 1.165) is 5.56 Å². The zero-order chi connectivity index (χ0) is 23.3.